The molecule has 1 aliphatic carbocycles. The Hall–Kier alpha value is -7.31. The van der Waals surface area contributed by atoms with Crippen molar-refractivity contribution in [2.45, 2.75) is 12.3 Å². The predicted molar refractivity (Wildman–Crippen MR) is 221 cm³/mol. The van der Waals surface area contributed by atoms with Crippen LogP contribution >= 0.6 is 0 Å². The fourth-order valence-electron chi connectivity index (χ4n) is 7.19. The van der Waals surface area contributed by atoms with Crippen LogP contribution in [0.5, 0.6) is 0 Å². The average Bonchev–Trinajstić information content (AvgIpc) is 3.65. The minimum atomic E-state index is 0.0670. The number of benzene rings is 6. The van der Waals surface area contributed by atoms with Crippen LogP contribution in [0.25, 0.3) is 89.7 Å². The molecule has 0 saturated carbocycles. The van der Waals surface area contributed by atoms with Crippen molar-refractivity contribution < 1.29 is 4.42 Å². The van der Waals surface area contributed by atoms with Gasteiger partial charge in [-0.3, -0.25) is 0 Å². The molecule has 0 radical (unpaired) electrons. The molecule has 6 nitrogen and oxygen atoms in total. The van der Waals surface area contributed by atoms with Crippen molar-refractivity contribution in [3.63, 3.8) is 0 Å². The first-order valence-electron chi connectivity index (χ1n) is 18.4. The lowest BCUT2D eigenvalue weighted by Gasteiger charge is -2.14. The number of rotatable bonds is 7. The Bertz CT molecular complexity index is 2900. The van der Waals surface area contributed by atoms with Crippen molar-refractivity contribution in [1.82, 2.24) is 24.9 Å². The summed E-state index contributed by atoms with van der Waals surface area (Å²) in [4.78, 5) is 25.4. The van der Waals surface area contributed by atoms with Gasteiger partial charge in [0.15, 0.2) is 17.5 Å². The molecule has 9 aromatic rings. The second-order valence-electron chi connectivity index (χ2n) is 13.7. The van der Waals surface area contributed by atoms with E-state index in [0.29, 0.717) is 17.5 Å². The smallest absolute Gasteiger partial charge is 0.163 e. The van der Waals surface area contributed by atoms with E-state index in [0.717, 1.165) is 79.0 Å². The van der Waals surface area contributed by atoms with E-state index < -0.39 is 0 Å². The number of hydrogen-bond donors (Lipinski definition) is 0. The number of para-hydroxylation sites is 1. The van der Waals surface area contributed by atoms with Crippen molar-refractivity contribution in [2.24, 2.45) is 0 Å². The van der Waals surface area contributed by atoms with Crippen molar-refractivity contribution in [3.05, 3.63) is 188 Å². The summed E-state index contributed by atoms with van der Waals surface area (Å²) >= 11 is 0. The van der Waals surface area contributed by atoms with Gasteiger partial charge in [0.2, 0.25) is 0 Å². The molecule has 0 saturated heterocycles. The fraction of sp³-hybridized carbons (Fsp3) is 0.0408. The minimum absolute atomic E-state index is 0.0670. The zero-order chi connectivity index (χ0) is 36.6. The Morgan fingerprint density at radius 3 is 1.73 bits per heavy atom. The minimum Gasteiger partial charge on any atom is -0.456 e. The number of aromatic nitrogens is 5. The topological polar surface area (TPSA) is 77.6 Å². The van der Waals surface area contributed by atoms with Crippen LogP contribution < -0.4 is 0 Å². The number of furan rings is 1. The van der Waals surface area contributed by atoms with Crippen molar-refractivity contribution in [2.75, 3.05) is 0 Å². The van der Waals surface area contributed by atoms with Gasteiger partial charge >= 0.3 is 0 Å². The Morgan fingerprint density at radius 1 is 0.400 bits per heavy atom. The van der Waals surface area contributed by atoms with E-state index in [-0.39, 0.29) is 5.92 Å². The summed E-state index contributed by atoms with van der Waals surface area (Å²) in [5.74, 6) is 2.67. The van der Waals surface area contributed by atoms with Gasteiger partial charge in [-0.05, 0) is 47.9 Å². The molecule has 0 bridgehead atoms. The van der Waals surface area contributed by atoms with Gasteiger partial charge in [0, 0.05) is 44.5 Å². The maximum absolute atomic E-state index is 6.29. The molecule has 0 N–H and O–H groups in total. The quantitative estimate of drug-likeness (QED) is 0.164. The van der Waals surface area contributed by atoms with Gasteiger partial charge in [0.25, 0.3) is 0 Å². The van der Waals surface area contributed by atoms with Crippen molar-refractivity contribution in [3.8, 4) is 67.8 Å². The highest BCUT2D eigenvalue weighted by Gasteiger charge is 2.19. The first kappa shape index (κ1) is 32.3. The number of hydrogen-bond acceptors (Lipinski definition) is 6. The summed E-state index contributed by atoms with van der Waals surface area (Å²) in [6, 6.07) is 53.7. The van der Waals surface area contributed by atoms with Gasteiger partial charge < -0.3 is 4.42 Å². The Labute approximate surface area is 318 Å². The van der Waals surface area contributed by atoms with E-state index in [1.54, 1.807) is 0 Å². The first-order chi connectivity index (χ1) is 27.2. The fourth-order valence-corrected chi connectivity index (χ4v) is 7.19. The predicted octanol–water partition coefficient (Wildman–Crippen LogP) is 12.2. The molecule has 0 amide bonds. The molecular formula is C49H33N5O. The number of allylic oxidation sites excluding steroid dienone is 4. The van der Waals surface area contributed by atoms with Crippen LogP contribution in [0.4, 0.5) is 0 Å². The number of nitrogens with zero attached hydrogens (tertiary/aromatic N) is 5. The lowest BCUT2D eigenvalue weighted by atomic mass is 10.00. The van der Waals surface area contributed by atoms with E-state index >= 15 is 0 Å². The summed E-state index contributed by atoms with van der Waals surface area (Å²) in [7, 11) is 0. The number of fused-ring (bicyclic) bond motifs is 3. The van der Waals surface area contributed by atoms with Gasteiger partial charge in [-0.25, -0.2) is 24.9 Å². The summed E-state index contributed by atoms with van der Waals surface area (Å²) in [6.45, 7) is 0. The third-order valence-corrected chi connectivity index (χ3v) is 10.1. The molecule has 6 aromatic carbocycles. The molecule has 10 rings (SSSR count). The molecule has 0 fully saturated rings. The van der Waals surface area contributed by atoms with Crippen molar-refractivity contribution in [1.29, 1.82) is 0 Å². The monoisotopic (exact) mass is 707 g/mol. The third-order valence-electron chi connectivity index (χ3n) is 10.1. The standard InChI is InChI=1S/C49H33N5O/c1-4-13-32(14-5-1)33-23-25-34(26-24-33)42-31-43(37-27-28-41-40-21-10-11-22-44(40)55-45(41)30-37)51-48(50-42)38-19-12-20-39(29-38)49-53-46(35-15-6-2-7-16-35)52-47(54-49)36-17-8-3-9-18-36/h1-17,19-31,36H,18H2. The van der Waals surface area contributed by atoms with Crippen LogP contribution in [0.2, 0.25) is 0 Å². The zero-order valence-corrected chi connectivity index (χ0v) is 29.7. The normalized spacial score (nSPS) is 13.8. The Morgan fingerprint density at radius 2 is 0.982 bits per heavy atom. The molecular weight excluding hydrogens is 675 g/mol. The molecule has 3 aromatic heterocycles. The maximum atomic E-state index is 6.29. The van der Waals surface area contributed by atoms with Crippen LogP contribution in [0.1, 0.15) is 18.2 Å². The molecule has 6 heteroatoms. The highest BCUT2D eigenvalue weighted by molar-refractivity contribution is 6.05. The average molecular weight is 708 g/mol. The summed E-state index contributed by atoms with van der Waals surface area (Å²) in [6.07, 6.45) is 9.27. The molecule has 0 aliphatic heterocycles. The molecule has 1 unspecified atom stereocenters. The van der Waals surface area contributed by atoms with Crippen LogP contribution in [0.15, 0.2) is 186 Å². The lowest BCUT2D eigenvalue weighted by molar-refractivity contribution is 0.669. The van der Waals surface area contributed by atoms with E-state index in [4.69, 9.17) is 29.3 Å². The molecule has 3 heterocycles. The summed E-state index contributed by atoms with van der Waals surface area (Å²) in [5, 5.41) is 2.17. The van der Waals surface area contributed by atoms with Crippen molar-refractivity contribution >= 4 is 21.9 Å². The van der Waals surface area contributed by atoms with E-state index in [9.17, 15) is 0 Å². The van der Waals surface area contributed by atoms with E-state index in [1.807, 2.05) is 72.8 Å². The SMILES string of the molecule is C1=CCC(c2nc(-c3ccccc3)nc(-c3cccc(-c4nc(-c5ccc(-c6ccccc6)cc5)cc(-c5ccc6c(c5)oc5ccccc56)n4)c3)n2)C=C1. The van der Waals surface area contributed by atoms with Crippen LogP contribution in [-0.2, 0) is 0 Å². The summed E-state index contributed by atoms with van der Waals surface area (Å²) < 4.78 is 6.29. The second kappa shape index (κ2) is 13.9. The van der Waals surface area contributed by atoms with Gasteiger partial charge in [-0.1, -0.05) is 152 Å². The first-order valence-corrected chi connectivity index (χ1v) is 18.4. The molecule has 1 atom stereocenters. The van der Waals surface area contributed by atoms with E-state index in [1.165, 1.54) is 5.56 Å². The van der Waals surface area contributed by atoms with Gasteiger partial charge in [-0.2, -0.15) is 0 Å². The molecule has 1 aliphatic rings. The van der Waals surface area contributed by atoms with Crippen LogP contribution in [0.3, 0.4) is 0 Å². The lowest BCUT2D eigenvalue weighted by Crippen LogP contribution is -2.07. The van der Waals surface area contributed by atoms with Crippen LogP contribution in [0, 0.1) is 0 Å². The largest absolute Gasteiger partial charge is 0.456 e. The summed E-state index contributed by atoms with van der Waals surface area (Å²) in [5.41, 5.74) is 10.2. The van der Waals surface area contributed by atoms with Crippen LogP contribution in [-0.4, -0.2) is 24.9 Å². The molecule has 260 valence electrons. The van der Waals surface area contributed by atoms with Gasteiger partial charge in [0.1, 0.15) is 17.0 Å². The highest BCUT2D eigenvalue weighted by atomic mass is 16.3. The zero-order valence-electron chi connectivity index (χ0n) is 29.7. The highest BCUT2D eigenvalue weighted by Crippen LogP contribution is 2.35. The third kappa shape index (κ3) is 6.40. The Balaban J connectivity index is 1.10. The Kier molecular flexibility index (Phi) is 8.18. The van der Waals surface area contributed by atoms with Gasteiger partial charge in [0.05, 0.1) is 11.4 Å². The molecule has 0 spiro atoms. The van der Waals surface area contributed by atoms with Gasteiger partial charge in [-0.15, -0.1) is 0 Å². The molecule has 55 heavy (non-hydrogen) atoms. The van der Waals surface area contributed by atoms with E-state index in [2.05, 4.69) is 109 Å². The second-order valence-corrected chi connectivity index (χ2v) is 13.7. The maximum Gasteiger partial charge on any atom is 0.163 e.